The van der Waals surface area contributed by atoms with E-state index >= 15 is 0 Å². The highest BCUT2D eigenvalue weighted by Gasteiger charge is 2.32. The molecule has 1 unspecified atom stereocenters. The smallest absolute Gasteiger partial charge is 0.319 e. The fraction of sp³-hybridized carbons (Fsp3) is 0.289. The minimum absolute atomic E-state index is 0.0873. The summed E-state index contributed by atoms with van der Waals surface area (Å²) in [4.78, 5) is 38.0. The predicted molar refractivity (Wildman–Crippen MR) is 190 cm³/mol. The van der Waals surface area contributed by atoms with Crippen LogP contribution in [0.25, 0.3) is 22.3 Å². The molecule has 2 amide bonds. The van der Waals surface area contributed by atoms with E-state index in [0.717, 1.165) is 35.1 Å². The van der Waals surface area contributed by atoms with E-state index in [1.165, 1.54) is 22.3 Å². The van der Waals surface area contributed by atoms with Gasteiger partial charge in [0.2, 0.25) is 16.1 Å². The SMILES string of the molecule is CCCNC(=O)Nc1ccc2c(c1)C(COC(=O)CC)c1cc(S(=O)(=O)NCCC)ccc1-2.O=C=Nc1ccc2c(c1)Cc1ccccc1-2. The lowest BCUT2D eigenvalue weighted by atomic mass is 9.97. The molecule has 0 saturated heterocycles. The number of urea groups is 1. The number of aliphatic imine (C=N–C) groups is 1. The van der Waals surface area contributed by atoms with E-state index < -0.39 is 10.0 Å². The molecule has 4 aromatic carbocycles. The predicted octanol–water partition coefficient (Wildman–Crippen LogP) is 7.20. The van der Waals surface area contributed by atoms with Crippen LogP contribution in [0.4, 0.5) is 16.2 Å². The van der Waals surface area contributed by atoms with Crippen molar-refractivity contribution in [3.8, 4) is 22.3 Å². The van der Waals surface area contributed by atoms with Gasteiger partial charge in [0.25, 0.3) is 0 Å². The van der Waals surface area contributed by atoms with Crippen molar-refractivity contribution in [2.24, 2.45) is 4.99 Å². The van der Waals surface area contributed by atoms with Gasteiger partial charge in [0.15, 0.2) is 0 Å². The maximum absolute atomic E-state index is 12.7. The normalized spacial score (nSPS) is 13.4. The van der Waals surface area contributed by atoms with E-state index in [-0.39, 0.29) is 35.8 Å². The van der Waals surface area contributed by atoms with Crippen molar-refractivity contribution in [2.45, 2.75) is 57.3 Å². The Morgan fingerprint density at radius 3 is 2.27 bits per heavy atom. The summed E-state index contributed by atoms with van der Waals surface area (Å²) >= 11 is 0. The molecule has 0 radical (unpaired) electrons. The Labute approximate surface area is 287 Å². The van der Waals surface area contributed by atoms with E-state index in [4.69, 9.17) is 4.74 Å². The minimum atomic E-state index is -3.65. The number of anilines is 1. The van der Waals surface area contributed by atoms with Crippen molar-refractivity contribution >= 4 is 39.5 Å². The summed E-state index contributed by atoms with van der Waals surface area (Å²) < 4.78 is 33.4. The van der Waals surface area contributed by atoms with Crippen LogP contribution in [-0.2, 0) is 30.8 Å². The fourth-order valence-electron chi connectivity index (χ4n) is 6.03. The molecule has 10 nitrogen and oxygen atoms in total. The number of isocyanates is 1. The van der Waals surface area contributed by atoms with Crippen molar-refractivity contribution in [1.82, 2.24) is 10.0 Å². The number of carbonyl (C=O) groups excluding carboxylic acids is 3. The van der Waals surface area contributed by atoms with E-state index in [2.05, 4.69) is 38.5 Å². The molecule has 11 heteroatoms. The molecule has 254 valence electrons. The van der Waals surface area contributed by atoms with Gasteiger partial charge in [-0.2, -0.15) is 4.99 Å². The summed E-state index contributed by atoms with van der Waals surface area (Å²) in [5.74, 6) is -0.668. The highest BCUT2D eigenvalue weighted by atomic mass is 32.2. The first-order valence-electron chi connectivity index (χ1n) is 16.5. The van der Waals surface area contributed by atoms with Crippen LogP contribution < -0.4 is 15.4 Å². The van der Waals surface area contributed by atoms with Crippen LogP contribution in [0.2, 0.25) is 0 Å². The van der Waals surface area contributed by atoms with Gasteiger partial charge in [0, 0.05) is 31.1 Å². The minimum Gasteiger partial charge on any atom is -0.465 e. The van der Waals surface area contributed by atoms with Crippen LogP contribution in [-0.4, -0.2) is 46.2 Å². The lowest BCUT2D eigenvalue weighted by Crippen LogP contribution is -2.29. The molecule has 2 aliphatic rings. The Hall–Kier alpha value is -5.09. The van der Waals surface area contributed by atoms with Crippen LogP contribution >= 0.6 is 0 Å². The van der Waals surface area contributed by atoms with Crippen LogP contribution in [0.3, 0.4) is 0 Å². The van der Waals surface area contributed by atoms with Crippen molar-refractivity contribution in [3.63, 3.8) is 0 Å². The zero-order valence-corrected chi connectivity index (χ0v) is 28.7. The molecule has 0 heterocycles. The first-order chi connectivity index (χ1) is 23.7. The highest BCUT2D eigenvalue weighted by Crippen LogP contribution is 2.46. The zero-order chi connectivity index (χ0) is 35.0. The lowest BCUT2D eigenvalue weighted by molar-refractivity contribution is -0.143. The monoisotopic (exact) mass is 680 g/mol. The van der Waals surface area contributed by atoms with Gasteiger partial charge in [-0.3, -0.25) is 4.79 Å². The number of ether oxygens (including phenoxy) is 1. The van der Waals surface area contributed by atoms with Crippen molar-refractivity contribution in [1.29, 1.82) is 0 Å². The molecule has 4 aromatic rings. The number of nitrogens with zero attached hydrogens (tertiary/aromatic N) is 1. The Bertz CT molecular complexity index is 2020. The van der Waals surface area contributed by atoms with Crippen molar-refractivity contribution in [2.75, 3.05) is 25.0 Å². The van der Waals surface area contributed by atoms with E-state index in [9.17, 15) is 22.8 Å². The quantitative estimate of drug-likeness (QED) is 0.0765. The van der Waals surface area contributed by atoms with Gasteiger partial charge >= 0.3 is 12.0 Å². The van der Waals surface area contributed by atoms with E-state index in [1.807, 2.05) is 56.3 Å². The van der Waals surface area contributed by atoms with Gasteiger partial charge < -0.3 is 15.4 Å². The largest absolute Gasteiger partial charge is 0.465 e. The Kier molecular flexibility index (Phi) is 11.4. The average molecular weight is 681 g/mol. The number of hydrogen-bond acceptors (Lipinski definition) is 7. The fourth-order valence-corrected chi connectivity index (χ4v) is 7.20. The molecule has 6 rings (SSSR count). The second-order valence-corrected chi connectivity index (χ2v) is 13.6. The Morgan fingerprint density at radius 1 is 0.837 bits per heavy atom. The van der Waals surface area contributed by atoms with Gasteiger partial charge in [-0.05, 0) is 100 Å². The van der Waals surface area contributed by atoms with E-state index in [0.29, 0.717) is 30.9 Å². The summed E-state index contributed by atoms with van der Waals surface area (Å²) in [6, 6.07) is 24.5. The molecule has 3 N–H and O–H groups in total. The number of amides is 2. The number of sulfonamides is 1. The lowest BCUT2D eigenvalue weighted by Gasteiger charge is -2.16. The number of esters is 1. The number of hydrogen-bond donors (Lipinski definition) is 3. The molecule has 0 spiro atoms. The third kappa shape index (κ3) is 8.14. The van der Waals surface area contributed by atoms with Crippen molar-refractivity contribution < 1.29 is 27.5 Å². The average Bonchev–Trinajstić information content (AvgIpc) is 3.63. The second kappa shape index (κ2) is 15.9. The summed E-state index contributed by atoms with van der Waals surface area (Å²) in [5, 5.41) is 5.60. The van der Waals surface area contributed by atoms with Crippen LogP contribution in [0.5, 0.6) is 0 Å². The standard InChI is InChI=1S/C24H31N3O5S.C14H9NO/c1-4-11-25-24(29)27-16-7-9-18-19-10-8-17(33(30,31)26-12-5-2)14-21(19)22(20(18)13-16)15-32-23(28)6-3;16-9-15-12-5-6-14-11(8-12)7-10-3-1-2-4-13(10)14/h7-10,13-14,22,26H,4-6,11-12,15H2,1-3H3,(H2,25,27,29);1-6,8H,7H2. The maximum atomic E-state index is 12.7. The Balaban J connectivity index is 0.000000241. The van der Waals surface area contributed by atoms with Gasteiger partial charge in [0.05, 0.1) is 10.6 Å². The second-order valence-electron chi connectivity index (χ2n) is 11.8. The van der Waals surface area contributed by atoms with Crippen molar-refractivity contribution in [3.05, 3.63) is 101 Å². The van der Waals surface area contributed by atoms with Gasteiger partial charge in [-0.25, -0.2) is 22.7 Å². The van der Waals surface area contributed by atoms with Crippen LogP contribution in [0.1, 0.15) is 68.2 Å². The molecule has 0 aromatic heterocycles. The molecule has 49 heavy (non-hydrogen) atoms. The summed E-state index contributed by atoms with van der Waals surface area (Å²) in [6.45, 7) is 6.60. The van der Waals surface area contributed by atoms with Crippen LogP contribution in [0, 0.1) is 0 Å². The number of benzene rings is 4. The summed E-state index contributed by atoms with van der Waals surface area (Å²) in [7, 11) is -3.65. The number of nitrogens with one attached hydrogen (secondary N) is 3. The maximum Gasteiger partial charge on any atom is 0.319 e. The summed E-state index contributed by atoms with van der Waals surface area (Å²) in [6.07, 6.45) is 4.26. The first-order valence-corrected chi connectivity index (χ1v) is 17.9. The summed E-state index contributed by atoms with van der Waals surface area (Å²) in [5.41, 5.74) is 9.87. The first kappa shape index (κ1) is 35.2. The molecule has 1 atom stereocenters. The van der Waals surface area contributed by atoms with Gasteiger partial charge in [-0.15, -0.1) is 0 Å². The third-order valence-electron chi connectivity index (χ3n) is 8.41. The number of carbonyl (C=O) groups is 2. The van der Waals surface area contributed by atoms with E-state index in [1.54, 1.807) is 31.2 Å². The topological polar surface area (TPSA) is 143 Å². The molecule has 0 bridgehead atoms. The molecule has 0 fully saturated rings. The highest BCUT2D eigenvalue weighted by molar-refractivity contribution is 7.89. The van der Waals surface area contributed by atoms with Gasteiger partial charge in [0.1, 0.15) is 6.61 Å². The Morgan fingerprint density at radius 2 is 1.53 bits per heavy atom. The molecular formula is C38H40N4O6S. The number of fused-ring (bicyclic) bond motifs is 6. The van der Waals surface area contributed by atoms with Gasteiger partial charge in [-0.1, -0.05) is 63.2 Å². The molecular weight excluding hydrogens is 641 g/mol. The zero-order valence-electron chi connectivity index (χ0n) is 27.8. The van der Waals surface area contributed by atoms with Crippen LogP contribution in [0.15, 0.2) is 88.8 Å². The molecule has 0 saturated carbocycles. The molecule has 2 aliphatic carbocycles. The molecule has 0 aliphatic heterocycles. The number of rotatable bonds is 11. The third-order valence-corrected chi connectivity index (χ3v) is 9.87.